The number of piperidine rings is 1. The maximum atomic E-state index is 13.8. The average Bonchev–Trinajstić information content (AvgIpc) is 3.31. The standard InChI is InChI=1S/C30H36F2N4O2/c1-21(2)33-15-17-35(18-16-33)28(37)24-9-10-26-25(19-24)20-27(29(38)34-13-11-30(31,32)12-14-34)36(26)22(3)23-7-5-4-6-8-23/h4-10,19-22H,11-18H2,1-3H3/t22-/m1/s1. The minimum Gasteiger partial charge on any atom is -0.337 e. The van der Waals surface area contributed by atoms with Gasteiger partial charge in [0.05, 0.1) is 6.04 Å². The molecule has 2 fully saturated rings. The zero-order valence-corrected chi connectivity index (χ0v) is 22.4. The highest BCUT2D eigenvalue weighted by Crippen LogP contribution is 2.32. The van der Waals surface area contributed by atoms with Crippen molar-refractivity contribution in [3.8, 4) is 0 Å². The lowest BCUT2D eigenvalue weighted by atomic mass is 10.1. The number of likely N-dealkylation sites (tertiary alicyclic amines) is 1. The Morgan fingerprint density at radius 3 is 2.05 bits per heavy atom. The zero-order valence-electron chi connectivity index (χ0n) is 22.4. The number of carbonyl (C=O) groups excluding carboxylic acids is 2. The van der Waals surface area contributed by atoms with Gasteiger partial charge < -0.3 is 14.4 Å². The maximum Gasteiger partial charge on any atom is 0.270 e. The number of halogens is 2. The van der Waals surface area contributed by atoms with Crippen molar-refractivity contribution < 1.29 is 18.4 Å². The van der Waals surface area contributed by atoms with Gasteiger partial charge in [-0.05, 0) is 50.6 Å². The lowest BCUT2D eigenvalue weighted by molar-refractivity contribution is -0.0495. The van der Waals surface area contributed by atoms with Gasteiger partial charge in [0, 0.05) is 74.6 Å². The first kappa shape index (κ1) is 26.4. The highest BCUT2D eigenvalue weighted by Gasteiger charge is 2.37. The highest BCUT2D eigenvalue weighted by molar-refractivity contribution is 6.02. The summed E-state index contributed by atoms with van der Waals surface area (Å²) >= 11 is 0. The predicted molar refractivity (Wildman–Crippen MR) is 145 cm³/mol. The van der Waals surface area contributed by atoms with E-state index in [9.17, 15) is 18.4 Å². The number of rotatable bonds is 5. The molecule has 2 saturated heterocycles. The number of carbonyl (C=O) groups is 2. The van der Waals surface area contributed by atoms with Crippen molar-refractivity contribution >= 4 is 22.7 Å². The Balaban J connectivity index is 1.48. The maximum absolute atomic E-state index is 13.8. The van der Waals surface area contributed by atoms with E-state index in [2.05, 4.69) is 18.7 Å². The number of hydrogen-bond acceptors (Lipinski definition) is 3. The van der Waals surface area contributed by atoms with E-state index in [0.717, 1.165) is 29.6 Å². The van der Waals surface area contributed by atoms with Gasteiger partial charge in [0.15, 0.2) is 0 Å². The number of aromatic nitrogens is 1. The van der Waals surface area contributed by atoms with Crippen LogP contribution in [-0.2, 0) is 0 Å². The minimum atomic E-state index is -2.73. The Morgan fingerprint density at radius 1 is 0.789 bits per heavy atom. The summed E-state index contributed by atoms with van der Waals surface area (Å²) < 4.78 is 29.6. The van der Waals surface area contributed by atoms with Gasteiger partial charge in [0.2, 0.25) is 0 Å². The first-order valence-electron chi connectivity index (χ1n) is 13.5. The molecule has 0 saturated carbocycles. The molecule has 0 radical (unpaired) electrons. The molecular formula is C30H36F2N4O2. The summed E-state index contributed by atoms with van der Waals surface area (Å²) in [6.45, 7) is 9.49. The molecule has 1 atom stereocenters. The Hall–Kier alpha value is -3.26. The van der Waals surface area contributed by atoms with Crippen LogP contribution in [0.1, 0.15) is 66.1 Å². The molecule has 0 unspecified atom stereocenters. The van der Waals surface area contributed by atoms with E-state index in [-0.39, 0.29) is 43.8 Å². The highest BCUT2D eigenvalue weighted by atomic mass is 19.3. The number of fused-ring (bicyclic) bond motifs is 1. The third-order valence-corrected chi connectivity index (χ3v) is 8.09. The van der Waals surface area contributed by atoms with Crippen LogP contribution in [0.5, 0.6) is 0 Å². The molecule has 6 nitrogen and oxygen atoms in total. The van der Waals surface area contributed by atoms with Crippen LogP contribution >= 0.6 is 0 Å². The topological polar surface area (TPSA) is 48.8 Å². The molecule has 5 rings (SSSR count). The molecule has 38 heavy (non-hydrogen) atoms. The second-order valence-corrected chi connectivity index (χ2v) is 10.8. The molecule has 3 heterocycles. The molecule has 0 bridgehead atoms. The summed E-state index contributed by atoms with van der Waals surface area (Å²) in [7, 11) is 0. The van der Waals surface area contributed by atoms with Gasteiger partial charge in [-0.3, -0.25) is 14.5 Å². The number of hydrogen-bond donors (Lipinski definition) is 0. The van der Waals surface area contributed by atoms with E-state index >= 15 is 0 Å². The Labute approximate surface area is 222 Å². The second kappa shape index (κ2) is 10.5. The van der Waals surface area contributed by atoms with Crippen LogP contribution in [0, 0.1) is 0 Å². The number of amides is 2. The van der Waals surface area contributed by atoms with Crippen LogP contribution < -0.4 is 0 Å². The Morgan fingerprint density at radius 2 is 1.42 bits per heavy atom. The van der Waals surface area contributed by atoms with Gasteiger partial charge in [-0.25, -0.2) is 8.78 Å². The summed E-state index contributed by atoms with van der Waals surface area (Å²) in [6, 6.07) is 17.6. The van der Waals surface area contributed by atoms with Crippen LogP contribution in [0.2, 0.25) is 0 Å². The molecular weight excluding hydrogens is 486 g/mol. The van der Waals surface area contributed by atoms with Crippen LogP contribution in [0.15, 0.2) is 54.6 Å². The monoisotopic (exact) mass is 522 g/mol. The van der Waals surface area contributed by atoms with Crippen LogP contribution in [0.25, 0.3) is 10.9 Å². The van der Waals surface area contributed by atoms with Crippen LogP contribution in [0.3, 0.4) is 0 Å². The van der Waals surface area contributed by atoms with Crippen molar-refractivity contribution in [3.05, 3.63) is 71.4 Å². The third-order valence-electron chi connectivity index (χ3n) is 8.09. The van der Waals surface area contributed by atoms with Crippen molar-refractivity contribution in [1.29, 1.82) is 0 Å². The number of alkyl halides is 2. The average molecular weight is 523 g/mol. The van der Waals surface area contributed by atoms with Crippen molar-refractivity contribution in [2.24, 2.45) is 0 Å². The zero-order chi connectivity index (χ0) is 27.0. The van der Waals surface area contributed by atoms with Gasteiger partial charge >= 0.3 is 0 Å². The Bertz CT molecular complexity index is 1300. The summed E-state index contributed by atoms with van der Waals surface area (Å²) in [6.07, 6.45) is -0.647. The number of piperazine rings is 1. The van der Waals surface area contributed by atoms with Crippen molar-refractivity contribution in [1.82, 2.24) is 19.3 Å². The van der Waals surface area contributed by atoms with E-state index in [1.807, 2.05) is 71.0 Å². The molecule has 202 valence electrons. The first-order valence-corrected chi connectivity index (χ1v) is 13.5. The minimum absolute atomic E-state index is 0.00898. The molecule has 2 aliphatic heterocycles. The summed E-state index contributed by atoms with van der Waals surface area (Å²) in [4.78, 5) is 32.8. The van der Waals surface area contributed by atoms with Gasteiger partial charge in [-0.15, -0.1) is 0 Å². The molecule has 3 aromatic rings. The molecule has 2 aliphatic rings. The van der Waals surface area contributed by atoms with Gasteiger partial charge in [0.25, 0.3) is 17.7 Å². The van der Waals surface area contributed by atoms with Gasteiger partial charge in [-0.1, -0.05) is 30.3 Å². The van der Waals surface area contributed by atoms with Gasteiger partial charge in [0.1, 0.15) is 5.69 Å². The smallest absolute Gasteiger partial charge is 0.270 e. The lowest BCUT2D eigenvalue weighted by Gasteiger charge is -2.37. The SMILES string of the molecule is CC(C)N1CCN(C(=O)c2ccc3c(c2)cc(C(=O)N2CCC(F)(F)CC2)n3[C@H](C)c2ccccc2)CC1. The fourth-order valence-electron chi connectivity index (χ4n) is 5.65. The van der Waals surface area contributed by atoms with E-state index in [1.54, 1.807) is 0 Å². The summed E-state index contributed by atoms with van der Waals surface area (Å²) in [5, 5.41) is 0.796. The molecule has 0 N–H and O–H groups in total. The fourth-order valence-corrected chi connectivity index (χ4v) is 5.65. The fraction of sp³-hybridized carbons (Fsp3) is 0.467. The molecule has 0 aliphatic carbocycles. The predicted octanol–water partition coefficient (Wildman–Crippen LogP) is 5.29. The van der Waals surface area contributed by atoms with E-state index in [0.29, 0.717) is 30.4 Å². The van der Waals surface area contributed by atoms with Gasteiger partial charge in [-0.2, -0.15) is 0 Å². The van der Waals surface area contributed by atoms with Crippen LogP contribution in [0.4, 0.5) is 8.78 Å². The van der Waals surface area contributed by atoms with Crippen LogP contribution in [-0.4, -0.2) is 82.3 Å². The normalized spacial score (nSPS) is 19.2. The van der Waals surface area contributed by atoms with E-state index in [1.165, 1.54) is 4.90 Å². The third kappa shape index (κ3) is 5.19. The second-order valence-electron chi connectivity index (χ2n) is 10.8. The summed E-state index contributed by atoms with van der Waals surface area (Å²) in [5.74, 6) is -2.99. The summed E-state index contributed by atoms with van der Waals surface area (Å²) in [5.41, 5.74) is 2.92. The largest absolute Gasteiger partial charge is 0.337 e. The first-order chi connectivity index (χ1) is 18.1. The number of benzene rings is 2. The quantitative estimate of drug-likeness (QED) is 0.458. The van der Waals surface area contributed by atoms with Crippen molar-refractivity contribution in [2.75, 3.05) is 39.3 Å². The molecule has 2 amide bonds. The van der Waals surface area contributed by atoms with Crippen molar-refractivity contribution in [3.63, 3.8) is 0 Å². The van der Waals surface area contributed by atoms with Crippen molar-refractivity contribution in [2.45, 2.75) is 51.6 Å². The molecule has 0 spiro atoms. The Kier molecular flexibility index (Phi) is 7.27. The van der Waals surface area contributed by atoms with E-state index in [4.69, 9.17) is 0 Å². The molecule has 1 aromatic heterocycles. The number of nitrogens with zero attached hydrogens (tertiary/aromatic N) is 4. The lowest BCUT2D eigenvalue weighted by Crippen LogP contribution is -2.50. The molecule has 2 aromatic carbocycles. The molecule has 8 heteroatoms. The van der Waals surface area contributed by atoms with E-state index < -0.39 is 5.92 Å².